The Balaban J connectivity index is 1.56. The number of rotatable bonds is 2. The maximum absolute atomic E-state index is 12.5. The van der Waals surface area contributed by atoms with Crippen LogP contribution in [0.25, 0.3) is 0 Å². The highest BCUT2D eigenvalue weighted by Crippen LogP contribution is 2.31. The molecule has 24 heavy (non-hydrogen) atoms. The van der Waals surface area contributed by atoms with E-state index in [9.17, 15) is 9.59 Å². The van der Waals surface area contributed by atoms with Crippen molar-refractivity contribution in [1.82, 2.24) is 15.1 Å². The first-order valence-corrected chi connectivity index (χ1v) is 8.59. The number of carbonyl (C=O) groups excluding carboxylic acids is 2. The van der Waals surface area contributed by atoms with Gasteiger partial charge in [-0.15, -0.1) is 0 Å². The normalized spacial score (nSPS) is 19.8. The zero-order valence-electron chi connectivity index (χ0n) is 14.6. The fourth-order valence-corrected chi connectivity index (χ4v) is 3.48. The number of amides is 4. The molecule has 1 spiro atoms. The van der Waals surface area contributed by atoms with Gasteiger partial charge in [-0.2, -0.15) is 0 Å². The summed E-state index contributed by atoms with van der Waals surface area (Å²) in [6, 6.07) is 7.92. The van der Waals surface area contributed by atoms with Crippen molar-refractivity contribution in [3.05, 3.63) is 29.8 Å². The number of hydrogen-bond acceptors (Lipinski definition) is 2. The SMILES string of the molecule is CC(C)c1ccc(NC(=O)N2CCC3(CC2)CNC(=O)N3C)cc1. The third-order valence-electron chi connectivity index (χ3n) is 5.39. The van der Waals surface area contributed by atoms with E-state index >= 15 is 0 Å². The van der Waals surface area contributed by atoms with Crippen molar-refractivity contribution in [2.24, 2.45) is 0 Å². The number of nitrogens with one attached hydrogen (secondary N) is 2. The number of likely N-dealkylation sites (tertiary alicyclic amines) is 1. The van der Waals surface area contributed by atoms with E-state index in [0.717, 1.165) is 18.5 Å². The quantitative estimate of drug-likeness (QED) is 0.876. The standard InChI is InChI=1S/C18H26N4O2/c1-13(2)14-4-6-15(7-5-14)20-17(24)22-10-8-18(9-11-22)12-19-16(23)21(18)3/h4-7,13H,8-12H2,1-3H3,(H,19,23)(H,20,24). The van der Waals surface area contributed by atoms with Crippen molar-refractivity contribution in [2.45, 2.75) is 38.1 Å². The Bertz CT molecular complexity index is 618. The van der Waals surface area contributed by atoms with E-state index in [4.69, 9.17) is 0 Å². The maximum Gasteiger partial charge on any atom is 0.321 e. The molecule has 0 aliphatic carbocycles. The Morgan fingerprint density at radius 3 is 2.33 bits per heavy atom. The van der Waals surface area contributed by atoms with Gasteiger partial charge in [0.25, 0.3) is 0 Å². The van der Waals surface area contributed by atoms with Crippen LogP contribution in [-0.4, -0.2) is 54.1 Å². The monoisotopic (exact) mass is 330 g/mol. The fourth-order valence-electron chi connectivity index (χ4n) is 3.48. The molecule has 6 heteroatoms. The lowest BCUT2D eigenvalue weighted by Crippen LogP contribution is -2.54. The molecule has 2 heterocycles. The molecule has 0 aromatic heterocycles. The second kappa shape index (κ2) is 6.34. The molecule has 2 aliphatic rings. The lowest BCUT2D eigenvalue weighted by molar-refractivity contribution is 0.106. The molecule has 4 amide bonds. The topological polar surface area (TPSA) is 64.7 Å². The van der Waals surface area contributed by atoms with Crippen molar-refractivity contribution >= 4 is 17.7 Å². The van der Waals surface area contributed by atoms with Gasteiger partial charge in [-0.1, -0.05) is 26.0 Å². The zero-order valence-corrected chi connectivity index (χ0v) is 14.6. The van der Waals surface area contributed by atoms with Crippen LogP contribution in [0.4, 0.5) is 15.3 Å². The number of nitrogens with zero attached hydrogens (tertiary/aromatic N) is 2. The van der Waals surface area contributed by atoms with Crippen LogP contribution in [0.1, 0.15) is 38.2 Å². The summed E-state index contributed by atoms with van der Waals surface area (Å²) in [5, 5.41) is 5.86. The molecule has 0 saturated carbocycles. The van der Waals surface area contributed by atoms with Crippen LogP contribution >= 0.6 is 0 Å². The molecule has 0 bridgehead atoms. The van der Waals surface area contributed by atoms with Crippen LogP contribution in [0.15, 0.2) is 24.3 Å². The minimum absolute atomic E-state index is 0.0156. The maximum atomic E-state index is 12.5. The second-order valence-electron chi connectivity index (χ2n) is 7.14. The van der Waals surface area contributed by atoms with E-state index in [1.807, 2.05) is 24.1 Å². The van der Waals surface area contributed by atoms with Gasteiger partial charge in [0.05, 0.1) is 5.54 Å². The van der Waals surface area contributed by atoms with Gasteiger partial charge in [-0.25, -0.2) is 9.59 Å². The Labute approximate surface area is 143 Å². The molecule has 1 aromatic rings. The highest BCUT2D eigenvalue weighted by molar-refractivity contribution is 5.89. The van der Waals surface area contributed by atoms with Gasteiger partial charge < -0.3 is 20.4 Å². The summed E-state index contributed by atoms with van der Waals surface area (Å²) in [5.41, 5.74) is 1.95. The molecular weight excluding hydrogens is 304 g/mol. The smallest absolute Gasteiger partial charge is 0.321 e. The lowest BCUT2D eigenvalue weighted by Gasteiger charge is -2.42. The van der Waals surface area contributed by atoms with Crippen molar-refractivity contribution in [3.63, 3.8) is 0 Å². The van der Waals surface area contributed by atoms with E-state index in [-0.39, 0.29) is 17.6 Å². The number of hydrogen-bond donors (Lipinski definition) is 2. The van der Waals surface area contributed by atoms with Crippen molar-refractivity contribution in [1.29, 1.82) is 0 Å². The molecule has 6 nitrogen and oxygen atoms in total. The van der Waals surface area contributed by atoms with E-state index in [2.05, 4.69) is 36.6 Å². The van der Waals surface area contributed by atoms with Crippen LogP contribution in [-0.2, 0) is 0 Å². The number of benzene rings is 1. The summed E-state index contributed by atoms with van der Waals surface area (Å²) in [6.07, 6.45) is 1.61. The van der Waals surface area contributed by atoms with Gasteiger partial charge in [0.15, 0.2) is 0 Å². The van der Waals surface area contributed by atoms with E-state index in [1.165, 1.54) is 5.56 Å². The molecule has 1 aromatic carbocycles. The molecule has 2 aliphatic heterocycles. The molecule has 3 rings (SSSR count). The average Bonchev–Trinajstić information content (AvgIpc) is 2.85. The Morgan fingerprint density at radius 1 is 1.21 bits per heavy atom. The van der Waals surface area contributed by atoms with Gasteiger partial charge in [0.2, 0.25) is 0 Å². The predicted molar refractivity (Wildman–Crippen MR) is 94.2 cm³/mol. The van der Waals surface area contributed by atoms with Gasteiger partial charge in [0, 0.05) is 32.4 Å². The second-order valence-corrected chi connectivity index (χ2v) is 7.14. The Hall–Kier alpha value is -2.24. The molecule has 2 saturated heterocycles. The summed E-state index contributed by atoms with van der Waals surface area (Å²) in [5.74, 6) is 0.479. The van der Waals surface area contributed by atoms with E-state index in [1.54, 1.807) is 4.90 Å². The highest BCUT2D eigenvalue weighted by Gasteiger charge is 2.45. The van der Waals surface area contributed by atoms with E-state index in [0.29, 0.717) is 25.6 Å². The van der Waals surface area contributed by atoms with Crippen LogP contribution in [0.5, 0.6) is 0 Å². The van der Waals surface area contributed by atoms with Crippen LogP contribution < -0.4 is 10.6 Å². The summed E-state index contributed by atoms with van der Waals surface area (Å²) in [7, 11) is 1.84. The first kappa shape index (κ1) is 16.6. The number of urea groups is 2. The highest BCUT2D eigenvalue weighted by atomic mass is 16.2. The fraction of sp³-hybridized carbons (Fsp3) is 0.556. The van der Waals surface area contributed by atoms with Gasteiger partial charge in [-0.3, -0.25) is 0 Å². The van der Waals surface area contributed by atoms with Crippen molar-refractivity contribution in [2.75, 3.05) is 32.0 Å². The Kier molecular flexibility index (Phi) is 4.39. The summed E-state index contributed by atoms with van der Waals surface area (Å²) >= 11 is 0. The van der Waals surface area contributed by atoms with Crippen LogP contribution in [0.2, 0.25) is 0 Å². The molecule has 0 radical (unpaired) electrons. The number of carbonyl (C=O) groups is 2. The van der Waals surface area contributed by atoms with Crippen LogP contribution in [0.3, 0.4) is 0 Å². The third-order valence-corrected chi connectivity index (χ3v) is 5.39. The largest absolute Gasteiger partial charge is 0.336 e. The summed E-state index contributed by atoms with van der Waals surface area (Å²) in [4.78, 5) is 27.8. The predicted octanol–water partition coefficient (Wildman–Crippen LogP) is 2.83. The molecule has 2 fully saturated rings. The van der Waals surface area contributed by atoms with Crippen molar-refractivity contribution in [3.8, 4) is 0 Å². The van der Waals surface area contributed by atoms with Crippen molar-refractivity contribution < 1.29 is 9.59 Å². The molecule has 130 valence electrons. The number of piperidine rings is 1. The molecule has 0 atom stereocenters. The summed E-state index contributed by atoms with van der Waals surface area (Å²) in [6.45, 7) is 6.30. The lowest BCUT2D eigenvalue weighted by atomic mass is 9.87. The minimum Gasteiger partial charge on any atom is -0.336 e. The van der Waals surface area contributed by atoms with Gasteiger partial charge >= 0.3 is 12.1 Å². The third kappa shape index (κ3) is 3.05. The first-order chi connectivity index (χ1) is 11.4. The van der Waals surface area contributed by atoms with Crippen LogP contribution in [0, 0.1) is 0 Å². The Morgan fingerprint density at radius 2 is 1.83 bits per heavy atom. The molecule has 2 N–H and O–H groups in total. The van der Waals surface area contributed by atoms with Gasteiger partial charge in [-0.05, 0) is 36.5 Å². The molecule has 0 unspecified atom stereocenters. The number of likely N-dealkylation sites (N-methyl/N-ethyl adjacent to an activating group) is 1. The average molecular weight is 330 g/mol. The zero-order chi connectivity index (χ0) is 17.3. The first-order valence-electron chi connectivity index (χ1n) is 8.59. The minimum atomic E-state index is -0.132. The summed E-state index contributed by atoms with van der Waals surface area (Å²) < 4.78 is 0. The molecular formula is C18H26N4O2. The van der Waals surface area contributed by atoms with E-state index < -0.39 is 0 Å². The number of anilines is 1. The van der Waals surface area contributed by atoms with Gasteiger partial charge in [0.1, 0.15) is 0 Å².